The number of aliphatic hydroxyl groups excluding tert-OH is 1. The van der Waals surface area contributed by atoms with Crippen molar-refractivity contribution in [3.63, 3.8) is 0 Å². The van der Waals surface area contributed by atoms with E-state index in [2.05, 4.69) is 5.32 Å². The van der Waals surface area contributed by atoms with Gasteiger partial charge in [-0.05, 0) is 30.9 Å². The molecule has 0 amide bonds. The minimum atomic E-state index is -0.803. The lowest BCUT2D eigenvalue weighted by Crippen LogP contribution is -2.49. The second-order valence-corrected chi connectivity index (χ2v) is 6.15. The van der Waals surface area contributed by atoms with Crippen LogP contribution in [0.5, 0.6) is 0 Å². The Hall–Kier alpha value is -1.39. The van der Waals surface area contributed by atoms with Gasteiger partial charge in [-0.15, -0.1) is 0 Å². The van der Waals surface area contributed by atoms with Gasteiger partial charge in [0.15, 0.2) is 0 Å². The molecule has 1 aromatic rings. The molecular formula is C17H25NO3. The van der Waals surface area contributed by atoms with Crippen LogP contribution in [0.4, 0.5) is 0 Å². The van der Waals surface area contributed by atoms with Crippen LogP contribution in [0.3, 0.4) is 0 Å². The number of benzene rings is 1. The van der Waals surface area contributed by atoms with Crippen molar-refractivity contribution < 1.29 is 15.0 Å². The highest BCUT2D eigenvalue weighted by atomic mass is 16.4. The Morgan fingerprint density at radius 1 is 1.24 bits per heavy atom. The Bertz CT molecular complexity index is 463. The topological polar surface area (TPSA) is 69.6 Å². The van der Waals surface area contributed by atoms with Gasteiger partial charge in [0.2, 0.25) is 0 Å². The number of aliphatic hydroxyl groups is 1. The standard InChI is InChI=1S/C17H25NO3/c1-13(16(20)21)15-7-5-14(6-8-15)11-18-17(12-19)9-3-2-4-10-17/h5-8,13,18-19H,2-4,9-12H2,1H3,(H,20,21). The monoisotopic (exact) mass is 291 g/mol. The van der Waals surface area contributed by atoms with Gasteiger partial charge in [0.1, 0.15) is 0 Å². The van der Waals surface area contributed by atoms with E-state index in [9.17, 15) is 9.90 Å². The molecule has 1 atom stereocenters. The summed E-state index contributed by atoms with van der Waals surface area (Å²) in [5.74, 6) is -1.28. The van der Waals surface area contributed by atoms with Gasteiger partial charge in [0.25, 0.3) is 0 Å². The first-order valence-electron chi connectivity index (χ1n) is 7.74. The largest absolute Gasteiger partial charge is 0.481 e. The summed E-state index contributed by atoms with van der Waals surface area (Å²) in [7, 11) is 0. The predicted octanol–water partition coefficient (Wildman–Crippen LogP) is 2.66. The summed E-state index contributed by atoms with van der Waals surface area (Å²) in [5.41, 5.74) is 1.81. The van der Waals surface area contributed by atoms with Crippen LogP contribution in [0, 0.1) is 0 Å². The van der Waals surface area contributed by atoms with E-state index in [4.69, 9.17) is 5.11 Å². The number of aliphatic carboxylic acids is 1. The molecule has 1 aliphatic rings. The lowest BCUT2D eigenvalue weighted by Gasteiger charge is -2.36. The molecule has 0 spiro atoms. The summed E-state index contributed by atoms with van der Waals surface area (Å²) in [6.45, 7) is 2.59. The Balaban J connectivity index is 1.95. The molecule has 3 N–H and O–H groups in total. The van der Waals surface area contributed by atoms with E-state index in [0.29, 0.717) is 6.54 Å². The van der Waals surface area contributed by atoms with Crippen LogP contribution in [0.1, 0.15) is 56.1 Å². The van der Waals surface area contributed by atoms with E-state index in [-0.39, 0.29) is 12.1 Å². The number of nitrogens with one attached hydrogen (secondary N) is 1. The maximum Gasteiger partial charge on any atom is 0.310 e. The highest BCUT2D eigenvalue weighted by molar-refractivity contribution is 5.75. The number of hydrogen-bond acceptors (Lipinski definition) is 3. The second-order valence-electron chi connectivity index (χ2n) is 6.15. The molecule has 0 aromatic heterocycles. The molecule has 4 nitrogen and oxygen atoms in total. The van der Waals surface area contributed by atoms with Crippen molar-refractivity contribution in [2.75, 3.05) is 6.61 Å². The van der Waals surface area contributed by atoms with Crippen molar-refractivity contribution in [1.82, 2.24) is 5.32 Å². The summed E-state index contributed by atoms with van der Waals surface area (Å²) >= 11 is 0. The fourth-order valence-corrected chi connectivity index (χ4v) is 2.98. The van der Waals surface area contributed by atoms with Crippen LogP contribution in [-0.2, 0) is 11.3 Å². The molecule has 1 unspecified atom stereocenters. The average Bonchev–Trinajstić information content (AvgIpc) is 2.53. The molecular weight excluding hydrogens is 266 g/mol. The van der Waals surface area contributed by atoms with Crippen LogP contribution in [0.15, 0.2) is 24.3 Å². The fraction of sp³-hybridized carbons (Fsp3) is 0.588. The molecule has 21 heavy (non-hydrogen) atoms. The summed E-state index contributed by atoms with van der Waals surface area (Å²) in [4.78, 5) is 11.0. The molecule has 0 saturated heterocycles. The van der Waals surface area contributed by atoms with Gasteiger partial charge >= 0.3 is 5.97 Å². The third-order valence-corrected chi connectivity index (χ3v) is 4.63. The molecule has 1 aliphatic carbocycles. The van der Waals surface area contributed by atoms with E-state index in [1.165, 1.54) is 19.3 Å². The van der Waals surface area contributed by atoms with Crippen LogP contribution in [-0.4, -0.2) is 28.3 Å². The van der Waals surface area contributed by atoms with E-state index < -0.39 is 11.9 Å². The van der Waals surface area contributed by atoms with Gasteiger partial charge in [0, 0.05) is 12.1 Å². The summed E-state index contributed by atoms with van der Waals surface area (Å²) < 4.78 is 0. The smallest absolute Gasteiger partial charge is 0.310 e. The third kappa shape index (κ3) is 4.05. The molecule has 0 heterocycles. The first kappa shape index (κ1) is 16.0. The van der Waals surface area contributed by atoms with Gasteiger partial charge in [-0.3, -0.25) is 4.79 Å². The van der Waals surface area contributed by atoms with Gasteiger partial charge in [-0.25, -0.2) is 0 Å². The zero-order chi connectivity index (χ0) is 15.3. The summed E-state index contributed by atoms with van der Waals surface area (Å²) in [5, 5.41) is 22.2. The Labute approximate surface area is 126 Å². The van der Waals surface area contributed by atoms with Crippen molar-refractivity contribution in [1.29, 1.82) is 0 Å². The Morgan fingerprint density at radius 2 is 1.86 bits per heavy atom. The molecule has 0 bridgehead atoms. The van der Waals surface area contributed by atoms with Gasteiger partial charge < -0.3 is 15.5 Å². The van der Waals surface area contributed by atoms with Crippen LogP contribution < -0.4 is 5.32 Å². The van der Waals surface area contributed by atoms with Crippen LogP contribution in [0.25, 0.3) is 0 Å². The first-order chi connectivity index (χ1) is 10.1. The normalized spacial score (nSPS) is 19.1. The number of carboxylic acids is 1. The van der Waals surface area contributed by atoms with Crippen molar-refractivity contribution in [3.8, 4) is 0 Å². The maximum absolute atomic E-state index is 11.0. The zero-order valence-electron chi connectivity index (χ0n) is 12.6. The summed E-state index contributed by atoms with van der Waals surface area (Å²) in [6, 6.07) is 7.69. The third-order valence-electron chi connectivity index (χ3n) is 4.63. The summed E-state index contributed by atoms with van der Waals surface area (Å²) in [6.07, 6.45) is 5.64. The van der Waals surface area contributed by atoms with Gasteiger partial charge in [-0.1, -0.05) is 43.5 Å². The SMILES string of the molecule is CC(C(=O)O)c1ccc(CNC2(CO)CCCCC2)cc1. The van der Waals surface area contributed by atoms with Crippen molar-refractivity contribution >= 4 is 5.97 Å². The molecule has 0 aliphatic heterocycles. The number of carbonyl (C=O) groups is 1. The maximum atomic E-state index is 11.0. The lowest BCUT2D eigenvalue weighted by molar-refractivity contribution is -0.138. The molecule has 1 saturated carbocycles. The van der Waals surface area contributed by atoms with E-state index in [0.717, 1.165) is 24.0 Å². The van der Waals surface area contributed by atoms with E-state index >= 15 is 0 Å². The number of hydrogen-bond donors (Lipinski definition) is 3. The minimum Gasteiger partial charge on any atom is -0.481 e. The lowest BCUT2D eigenvalue weighted by atomic mass is 9.82. The average molecular weight is 291 g/mol. The highest BCUT2D eigenvalue weighted by Crippen LogP contribution is 2.28. The van der Waals surface area contributed by atoms with Crippen LogP contribution in [0.2, 0.25) is 0 Å². The molecule has 2 rings (SSSR count). The minimum absolute atomic E-state index is 0.134. The molecule has 0 radical (unpaired) electrons. The Morgan fingerprint density at radius 3 is 2.38 bits per heavy atom. The zero-order valence-corrected chi connectivity index (χ0v) is 12.6. The van der Waals surface area contributed by atoms with Gasteiger partial charge in [-0.2, -0.15) is 0 Å². The first-order valence-corrected chi connectivity index (χ1v) is 7.74. The highest BCUT2D eigenvalue weighted by Gasteiger charge is 2.30. The van der Waals surface area contributed by atoms with Gasteiger partial charge in [0.05, 0.1) is 12.5 Å². The van der Waals surface area contributed by atoms with E-state index in [1.54, 1.807) is 6.92 Å². The quantitative estimate of drug-likeness (QED) is 0.753. The molecule has 1 fully saturated rings. The number of carboxylic acid groups (broad SMARTS) is 1. The van der Waals surface area contributed by atoms with Crippen molar-refractivity contribution in [2.24, 2.45) is 0 Å². The predicted molar refractivity (Wildman–Crippen MR) is 82.2 cm³/mol. The molecule has 4 heteroatoms. The molecule has 116 valence electrons. The van der Waals surface area contributed by atoms with E-state index in [1.807, 2.05) is 24.3 Å². The fourth-order valence-electron chi connectivity index (χ4n) is 2.98. The van der Waals surface area contributed by atoms with Crippen molar-refractivity contribution in [3.05, 3.63) is 35.4 Å². The van der Waals surface area contributed by atoms with Crippen molar-refractivity contribution in [2.45, 2.75) is 57.0 Å². The second kappa shape index (κ2) is 7.05. The van der Waals surface area contributed by atoms with Crippen LogP contribution >= 0.6 is 0 Å². The molecule has 1 aromatic carbocycles. The number of rotatable bonds is 6. The Kier molecular flexibility index (Phi) is 5.37.